The molecule has 15 heteroatoms. The van der Waals surface area contributed by atoms with Crippen LogP contribution in [0.25, 0.3) is 6.08 Å². The summed E-state index contributed by atoms with van der Waals surface area (Å²) in [5.41, 5.74) is -1.25. The van der Waals surface area contributed by atoms with Gasteiger partial charge in [-0.3, -0.25) is 29.4 Å². The monoisotopic (exact) mass is 665 g/mol. The van der Waals surface area contributed by atoms with Gasteiger partial charge in [-0.25, -0.2) is 0 Å². The minimum absolute atomic E-state index is 0.0307. The maximum Gasteiger partial charge on any atom is 0.416 e. The molecule has 0 aromatic heterocycles. The summed E-state index contributed by atoms with van der Waals surface area (Å²) in [4.78, 5) is 49.2. The van der Waals surface area contributed by atoms with Gasteiger partial charge in [0.15, 0.2) is 11.5 Å². The molecule has 4 rings (SSSR count). The van der Waals surface area contributed by atoms with Crippen molar-refractivity contribution in [1.29, 1.82) is 0 Å². The second kappa shape index (κ2) is 12.7. The zero-order valence-electron chi connectivity index (χ0n) is 21.4. The van der Waals surface area contributed by atoms with E-state index in [0.717, 1.165) is 11.0 Å². The van der Waals surface area contributed by atoms with E-state index in [1.165, 1.54) is 24.3 Å². The Hall–Kier alpha value is -4.37. The number of nitro groups is 1. The number of ether oxygens (including phenoxy) is 2. The fourth-order valence-corrected chi connectivity index (χ4v) is 4.91. The fraction of sp³-hybridized carbons (Fsp3) is 0.148. The number of rotatable bonds is 9. The molecule has 3 amide bonds. The minimum Gasteiger partial charge on any atom is -0.490 e. The normalized spacial score (nSPS) is 14.3. The van der Waals surface area contributed by atoms with Crippen LogP contribution in [-0.2, 0) is 15.8 Å². The van der Waals surface area contributed by atoms with Crippen molar-refractivity contribution in [1.82, 2.24) is 4.90 Å². The van der Waals surface area contributed by atoms with Gasteiger partial charge < -0.3 is 14.8 Å². The van der Waals surface area contributed by atoms with Gasteiger partial charge in [0, 0.05) is 10.5 Å². The van der Waals surface area contributed by atoms with Gasteiger partial charge in [0.05, 0.1) is 27.7 Å². The second-order valence-electron chi connectivity index (χ2n) is 8.47. The molecule has 0 saturated carbocycles. The van der Waals surface area contributed by atoms with Gasteiger partial charge in [0.2, 0.25) is 11.7 Å². The molecule has 0 bridgehead atoms. The molecule has 1 aliphatic heterocycles. The van der Waals surface area contributed by atoms with E-state index in [9.17, 15) is 37.7 Å². The van der Waals surface area contributed by atoms with E-state index < -0.39 is 51.7 Å². The van der Waals surface area contributed by atoms with Crippen LogP contribution in [0, 0.1) is 10.1 Å². The number of nitrogens with one attached hydrogen (secondary N) is 1. The lowest BCUT2D eigenvalue weighted by Crippen LogP contribution is -2.36. The van der Waals surface area contributed by atoms with Crippen molar-refractivity contribution in [3.63, 3.8) is 0 Å². The number of halogens is 4. The smallest absolute Gasteiger partial charge is 0.416 e. The molecule has 0 unspecified atom stereocenters. The van der Waals surface area contributed by atoms with E-state index in [4.69, 9.17) is 9.47 Å². The molecule has 0 aliphatic carbocycles. The number of carbonyl (C=O) groups is 3. The molecule has 3 aromatic rings. The van der Waals surface area contributed by atoms with Crippen LogP contribution in [-0.4, -0.2) is 40.0 Å². The van der Waals surface area contributed by atoms with Crippen molar-refractivity contribution in [2.45, 2.75) is 13.1 Å². The van der Waals surface area contributed by atoms with E-state index in [1.54, 1.807) is 31.2 Å². The average molecular weight is 666 g/mol. The van der Waals surface area contributed by atoms with Gasteiger partial charge in [0.1, 0.15) is 6.54 Å². The Morgan fingerprint density at radius 2 is 1.81 bits per heavy atom. The molecule has 42 heavy (non-hydrogen) atoms. The highest BCUT2D eigenvalue weighted by Gasteiger charge is 2.37. The van der Waals surface area contributed by atoms with E-state index in [-0.39, 0.29) is 23.0 Å². The van der Waals surface area contributed by atoms with E-state index in [0.29, 0.717) is 39.6 Å². The Kier molecular flexibility index (Phi) is 9.21. The lowest BCUT2D eigenvalue weighted by Gasteiger charge is -2.14. The number of carbonyl (C=O) groups excluding carboxylic acids is 3. The number of para-hydroxylation sites is 1. The average Bonchev–Trinajstić information content (AvgIpc) is 3.18. The highest BCUT2D eigenvalue weighted by Crippen LogP contribution is 2.41. The van der Waals surface area contributed by atoms with Crippen molar-refractivity contribution < 1.29 is 42.0 Å². The Bertz CT molecular complexity index is 1610. The van der Waals surface area contributed by atoms with E-state index >= 15 is 0 Å². The Labute approximate surface area is 248 Å². The van der Waals surface area contributed by atoms with Gasteiger partial charge in [0.25, 0.3) is 11.1 Å². The molecule has 1 fully saturated rings. The first-order valence-electron chi connectivity index (χ1n) is 12.0. The lowest BCUT2D eigenvalue weighted by molar-refractivity contribution is -0.385. The number of anilines is 1. The molecular weight excluding hydrogens is 647 g/mol. The summed E-state index contributed by atoms with van der Waals surface area (Å²) in [6.45, 7) is 1.28. The predicted octanol–water partition coefficient (Wildman–Crippen LogP) is 7.24. The number of benzene rings is 3. The van der Waals surface area contributed by atoms with Crippen molar-refractivity contribution in [2.24, 2.45) is 0 Å². The van der Waals surface area contributed by atoms with Crippen LogP contribution in [0.15, 0.2) is 70.0 Å². The molecule has 0 atom stereocenters. The van der Waals surface area contributed by atoms with Gasteiger partial charge in [-0.1, -0.05) is 18.2 Å². The molecule has 0 radical (unpaired) electrons. The number of nitrogens with zero attached hydrogens (tertiary/aromatic N) is 2. The van der Waals surface area contributed by atoms with Gasteiger partial charge in [-0.05, 0) is 82.7 Å². The number of amides is 3. The van der Waals surface area contributed by atoms with Crippen molar-refractivity contribution in [3.05, 3.63) is 91.3 Å². The van der Waals surface area contributed by atoms with Crippen LogP contribution in [0.1, 0.15) is 18.1 Å². The molecule has 10 nitrogen and oxygen atoms in total. The van der Waals surface area contributed by atoms with Gasteiger partial charge in [-0.15, -0.1) is 0 Å². The molecule has 0 spiro atoms. The maximum atomic E-state index is 13.0. The first kappa shape index (κ1) is 30.6. The van der Waals surface area contributed by atoms with E-state index in [1.807, 2.05) is 0 Å². The summed E-state index contributed by atoms with van der Waals surface area (Å²) in [5, 5.41) is 13.4. The molecule has 3 aromatic carbocycles. The van der Waals surface area contributed by atoms with Crippen molar-refractivity contribution in [3.8, 4) is 17.2 Å². The van der Waals surface area contributed by atoms with Crippen LogP contribution in [0.2, 0.25) is 0 Å². The zero-order valence-corrected chi connectivity index (χ0v) is 23.8. The quantitative estimate of drug-likeness (QED) is 0.144. The molecule has 1 aliphatic rings. The number of thioether (sulfide) groups is 1. The third kappa shape index (κ3) is 7.09. The van der Waals surface area contributed by atoms with Gasteiger partial charge >= 0.3 is 11.9 Å². The third-order valence-electron chi connectivity index (χ3n) is 5.59. The predicted molar refractivity (Wildman–Crippen MR) is 151 cm³/mol. The SMILES string of the molecule is CCOc1cc(/C=C2/SC(=O)N(CC(=O)Nc3ccccc3Br)C2=O)ccc1Oc1ccc(C(F)(F)F)cc1[N+](=O)[O-]. The van der Waals surface area contributed by atoms with Crippen LogP contribution < -0.4 is 14.8 Å². The van der Waals surface area contributed by atoms with E-state index in [2.05, 4.69) is 21.2 Å². The number of hydrogen-bond donors (Lipinski definition) is 1. The Morgan fingerprint density at radius 1 is 1.10 bits per heavy atom. The fourth-order valence-electron chi connectivity index (χ4n) is 3.69. The first-order chi connectivity index (χ1) is 19.9. The van der Waals surface area contributed by atoms with Crippen LogP contribution in [0.3, 0.4) is 0 Å². The Balaban J connectivity index is 1.54. The highest BCUT2D eigenvalue weighted by molar-refractivity contribution is 9.10. The van der Waals surface area contributed by atoms with Crippen LogP contribution in [0.4, 0.5) is 29.3 Å². The summed E-state index contributed by atoms with van der Waals surface area (Å²) in [5.74, 6) is -1.67. The van der Waals surface area contributed by atoms with Crippen LogP contribution >= 0.6 is 27.7 Å². The summed E-state index contributed by atoms with van der Waals surface area (Å²) >= 11 is 3.94. The largest absolute Gasteiger partial charge is 0.490 e. The maximum absolute atomic E-state index is 13.0. The lowest BCUT2D eigenvalue weighted by atomic mass is 10.1. The zero-order chi connectivity index (χ0) is 30.6. The number of nitro benzene ring substituents is 1. The van der Waals surface area contributed by atoms with Crippen LogP contribution in [0.5, 0.6) is 17.2 Å². The summed E-state index contributed by atoms with van der Waals surface area (Å²) in [7, 11) is 0. The number of imide groups is 1. The second-order valence-corrected chi connectivity index (χ2v) is 10.3. The standard InChI is InChI=1S/C27H19BrF3N3O7S/c1-2-40-22-11-15(7-9-21(22)41-20-10-8-16(27(29,30)31)13-19(20)34(38)39)12-23-25(36)33(26(37)42-23)14-24(35)32-18-6-4-3-5-17(18)28/h3-13H,2,14H2,1H3,(H,32,35)/b23-12+. The van der Waals surface area contributed by atoms with Crippen molar-refractivity contribution in [2.75, 3.05) is 18.5 Å². The van der Waals surface area contributed by atoms with Crippen molar-refractivity contribution >= 4 is 62.2 Å². The highest BCUT2D eigenvalue weighted by atomic mass is 79.9. The third-order valence-corrected chi connectivity index (χ3v) is 7.19. The number of hydrogen-bond acceptors (Lipinski definition) is 8. The molecule has 1 saturated heterocycles. The van der Waals surface area contributed by atoms with Gasteiger partial charge in [-0.2, -0.15) is 13.2 Å². The summed E-state index contributed by atoms with van der Waals surface area (Å²) in [6, 6.07) is 13.0. The molecule has 1 heterocycles. The molecular formula is C27H19BrF3N3O7S. The number of alkyl halides is 3. The summed E-state index contributed by atoms with van der Waals surface area (Å²) in [6.07, 6.45) is -3.39. The Morgan fingerprint density at radius 3 is 2.48 bits per heavy atom. The molecule has 1 N–H and O–H groups in total. The minimum atomic E-state index is -4.79. The topological polar surface area (TPSA) is 128 Å². The molecule has 218 valence electrons. The first-order valence-corrected chi connectivity index (χ1v) is 13.6. The summed E-state index contributed by atoms with van der Waals surface area (Å²) < 4.78 is 50.9.